The minimum atomic E-state index is -0.962. The number of nitrogens with one attached hydrogen (secondary N) is 1. The molecule has 0 bridgehead atoms. The van der Waals surface area contributed by atoms with E-state index in [-0.39, 0.29) is 31.1 Å². The minimum Gasteiger partial charge on any atom is -0.465 e. The predicted molar refractivity (Wildman–Crippen MR) is 135 cm³/mol. The van der Waals surface area contributed by atoms with Gasteiger partial charge in [-0.25, -0.2) is 9.78 Å². The predicted octanol–water partition coefficient (Wildman–Crippen LogP) is 2.96. The number of hydrogen-bond acceptors (Lipinski definition) is 5. The van der Waals surface area contributed by atoms with Crippen molar-refractivity contribution in [3.63, 3.8) is 0 Å². The Morgan fingerprint density at radius 3 is 2.67 bits per heavy atom. The van der Waals surface area contributed by atoms with Crippen LogP contribution in [0.5, 0.6) is 0 Å². The first-order chi connectivity index (χ1) is 17.4. The number of imidazole rings is 1. The summed E-state index contributed by atoms with van der Waals surface area (Å²) in [4.78, 5) is 31.5. The second-order valence-corrected chi connectivity index (χ2v) is 10.1. The van der Waals surface area contributed by atoms with E-state index in [9.17, 15) is 19.8 Å². The number of carbonyl (C=O) groups excluding carboxylic acids is 1. The highest BCUT2D eigenvalue weighted by Crippen LogP contribution is 2.36. The van der Waals surface area contributed by atoms with E-state index in [4.69, 9.17) is 4.98 Å². The summed E-state index contributed by atoms with van der Waals surface area (Å²) >= 11 is 0. The van der Waals surface area contributed by atoms with Gasteiger partial charge in [-0.3, -0.25) is 14.4 Å². The number of hydrogen-bond donors (Lipinski definition) is 3. The number of aromatic nitrogens is 4. The van der Waals surface area contributed by atoms with Crippen LogP contribution in [-0.2, 0) is 30.7 Å². The maximum absolute atomic E-state index is 13.1. The fourth-order valence-corrected chi connectivity index (χ4v) is 5.69. The maximum atomic E-state index is 13.1. The SMILES string of the molecule is C[C@H]1CCc2c(ccc3c2nc(CCn2cccn2)n3CC(=O)NC2CCC(CO)CC2)N1C(=O)O. The van der Waals surface area contributed by atoms with Gasteiger partial charge in [-0.05, 0) is 69.6 Å². The maximum Gasteiger partial charge on any atom is 0.412 e. The summed E-state index contributed by atoms with van der Waals surface area (Å²) in [5, 5.41) is 26.7. The van der Waals surface area contributed by atoms with E-state index in [2.05, 4.69) is 10.4 Å². The Labute approximate surface area is 209 Å². The van der Waals surface area contributed by atoms with Crippen molar-refractivity contribution < 1.29 is 19.8 Å². The van der Waals surface area contributed by atoms with Gasteiger partial charge in [0, 0.05) is 49.6 Å². The number of anilines is 1. The van der Waals surface area contributed by atoms with Crippen LogP contribution < -0.4 is 10.2 Å². The molecule has 2 aliphatic rings. The molecule has 0 saturated heterocycles. The molecule has 3 heterocycles. The minimum absolute atomic E-state index is 0.0550. The molecule has 2 aromatic heterocycles. The summed E-state index contributed by atoms with van der Waals surface area (Å²) in [5.74, 6) is 1.07. The largest absolute Gasteiger partial charge is 0.465 e. The highest BCUT2D eigenvalue weighted by molar-refractivity contribution is 5.95. The molecule has 3 aromatic rings. The summed E-state index contributed by atoms with van der Waals surface area (Å²) in [5.41, 5.74) is 3.23. The third-order valence-electron chi connectivity index (χ3n) is 7.69. The Hall–Kier alpha value is -3.40. The normalized spacial score (nSPS) is 21.9. The van der Waals surface area contributed by atoms with E-state index in [0.717, 1.165) is 60.9 Å². The van der Waals surface area contributed by atoms with Crippen LogP contribution in [0.25, 0.3) is 11.0 Å². The van der Waals surface area contributed by atoms with Crippen LogP contribution in [-0.4, -0.2) is 60.2 Å². The zero-order valence-corrected chi connectivity index (χ0v) is 20.6. The number of carbonyl (C=O) groups is 2. The molecule has 10 heteroatoms. The van der Waals surface area contributed by atoms with Crippen molar-refractivity contribution in [2.24, 2.45) is 5.92 Å². The van der Waals surface area contributed by atoms with Gasteiger partial charge in [0.15, 0.2) is 0 Å². The Morgan fingerprint density at radius 2 is 1.97 bits per heavy atom. The molecule has 1 aliphatic carbocycles. The van der Waals surface area contributed by atoms with Crippen molar-refractivity contribution in [3.05, 3.63) is 42.0 Å². The van der Waals surface area contributed by atoms with Crippen molar-refractivity contribution >= 4 is 28.7 Å². The van der Waals surface area contributed by atoms with E-state index in [1.807, 2.05) is 40.6 Å². The van der Waals surface area contributed by atoms with Crippen molar-refractivity contribution in [2.75, 3.05) is 11.5 Å². The van der Waals surface area contributed by atoms with Crippen LogP contribution in [0.2, 0.25) is 0 Å². The van der Waals surface area contributed by atoms with Crippen LogP contribution in [0, 0.1) is 5.92 Å². The fourth-order valence-electron chi connectivity index (χ4n) is 5.69. The van der Waals surface area contributed by atoms with Crippen molar-refractivity contribution in [1.82, 2.24) is 24.6 Å². The van der Waals surface area contributed by atoms with Gasteiger partial charge in [0.2, 0.25) is 5.91 Å². The Kier molecular flexibility index (Phi) is 6.95. The molecule has 0 radical (unpaired) electrons. The molecule has 0 spiro atoms. The first-order valence-corrected chi connectivity index (χ1v) is 12.9. The Morgan fingerprint density at radius 1 is 1.17 bits per heavy atom. The Balaban J connectivity index is 1.44. The van der Waals surface area contributed by atoms with Crippen molar-refractivity contribution in [3.8, 4) is 0 Å². The molecular weight excluding hydrogens is 460 g/mol. The van der Waals surface area contributed by atoms with Gasteiger partial charge in [0.05, 0.1) is 16.7 Å². The number of benzene rings is 1. The van der Waals surface area contributed by atoms with Crippen LogP contribution in [0.1, 0.15) is 50.4 Å². The molecule has 1 fully saturated rings. The summed E-state index contributed by atoms with van der Waals surface area (Å²) in [6, 6.07) is 5.65. The molecule has 1 aromatic carbocycles. The van der Waals surface area contributed by atoms with E-state index < -0.39 is 6.09 Å². The average molecular weight is 495 g/mol. The number of nitrogens with zero attached hydrogens (tertiary/aromatic N) is 5. The molecule has 36 heavy (non-hydrogen) atoms. The van der Waals surface area contributed by atoms with Crippen LogP contribution >= 0.6 is 0 Å². The number of rotatable bonds is 7. The lowest BCUT2D eigenvalue weighted by Gasteiger charge is -2.33. The van der Waals surface area contributed by atoms with Gasteiger partial charge in [0.25, 0.3) is 0 Å². The monoisotopic (exact) mass is 494 g/mol. The van der Waals surface area contributed by atoms with Gasteiger partial charge in [-0.1, -0.05) is 0 Å². The summed E-state index contributed by atoms with van der Waals surface area (Å²) in [7, 11) is 0. The third kappa shape index (κ3) is 4.82. The van der Waals surface area contributed by atoms with Gasteiger partial charge in [-0.15, -0.1) is 0 Å². The van der Waals surface area contributed by atoms with Gasteiger partial charge in [0.1, 0.15) is 12.4 Å². The number of amides is 2. The molecule has 3 N–H and O–H groups in total. The first-order valence-electron chi connectivity index (χ1n) is 12.9. The quantitative estimate of drug-likeness (QED) is 0.464. The van der Waals surface area contributed by atoms with E-state index in [1.54, 1.807) is 6.20 Å². The molecule has 5 rings (SSSR count). The zero-order chi connectivity index (χ0) is 25.2. The van der Waals surface area contributed by atoms with Crippen LogP contribution in [0.4, 0.5) is 10.5 Å². The molecule has 10 nitrogen and oxygen atoms in total. The van der Waals surface area contributed by atoms with Crippen molar-refractivity contribution in [1.29, 1.82) is 0 Å². The van der Waals surface area contributed by atoms with E-state index in [1.165, 1.54) is 4.90 Å². The molecular formula is C26H34N6O4. The molecule has 192 valence electrons. The lowest BCUT2D eigenvalue weighted by molar-refractivity contribution is -0.122. The summed E-state index contributed by atoms with van der Waals surface area (Å²) in [6.07, 6.45) is 8.35. The lowest BCUT2D eigenvalue weighted by Crippen LogP contribution is -2.41. The van der Waals surface area contributed by atoms with Crippen LogP contribution in [0.3, 0.4) is 0 Å². The number of carboxylic acid groups (broad SMARTS) is 1. The fraction of sp³-hybridized carbons (Fsp3) is 0.538. The standard InChI is InChI=1S/C26H34N6O4/c1-17-3-8-20-21(32(17)26(35)36)9-10-22-25(20)29-23(11-14-30-13-2-12-27-30)31(22)15-24(34)28-19-6-4-18(16-33)5-7-19/h2,9-10,12-13,17-19,33H,3-8,11,14-16H2,1H3,(H,28,34)(H,35,36)/t17-,18?,19?/m0/s1. The highest BCUT2D eigenvalue weighted by atomic mass is 16.4. The first kappa shape index (κ1) is 24.3. The number of aliphatic hydroxyl groups is 1. The molecule has 1 atom stereocenters. The van der Waals surface area contributed by atoms with Crippen LogP contribution in [0.15, 0.2) is 30.6 Å². The Bertz CT molecular complexity index is 1230. The molecule has 0 unspecified atom stereocenters. The zero-order valence-electron chi connectivity index (χ0n) is 20.6. The number of aliphatic hydroxyl groups excluding tert-OH is 1. The smallest absolute Gasteiger partial charge is 0.412 e. The van der Waals surface area contributed by atoms with Gasteiger partial charge >= 0.3 is 6.09 Å². The lowest BCUT2D eigenvalue weighted by atomic mass is 9.86. The topological polar surface area (TPSA) is 126 Å². The molecule has 2 amide bonds. The molecule has 1 saturated carbocycles. The van der Waals surface area contributed by atoms with E-state index >= 15 is 0 Å². The number of fused-ring (bicyclic) bond motifs is 3. The van der Waals surface area contributed by atoms with Gasteiger partial charge in [-0.2, -0.15) is 5.10 Å². The third-order valence-corrected chi connectivity index (χ3v) is 7.69. The number of aryl methyl sites for hydroxylation is 3. The second kappa shape index (κ2) is 10.3. The highest BCUT2D eigenvalue weighted by Gasteiger charge is 2.31. The van der Waals surface area contributed by atoms with Crippen molar-refractivity contribution in [2.45, 2.75) is 77.0 Å². The average Bonchev–Trinajstić information content (AvgIpc) is 3.51. The molecule has 1 aliphatic heterocycles. The van der Waals surface area contributed by atoms with E-state index in [0.29, 0.717) is 24.6 Å². The van der Waals surface area contributed by atoms with Gasteiger partial charge < -0.3 is 20.1 Å². The second-order valence-electron chi connectivity index (χ2n) is 10.1. The summed E-state index contributed by atoms with van der Waals surface area (Å²) in [6.45, 7) is 2.92. The summed E-state index contributed by atoms with van der Waals surface area (Å²) < 4.78 is 3.81.